The second kappa shape index (κ2) is 8.82. The highest BCUT2D eigenvalue weighted by Crippen LogP contribution is 2.44. The number of hydrogen-bond acceptors (Lipinski definition) is 3. The van der Waals surface area contributed by atoms with Gasteiger partial charge in [-0.1, -0.05) is 72.8 Å². The van der Waals surface area contributed by atoms with Crippen molar-refractivity contribution in [1.29, 1.82) is 0 Å². The maximum atomic E-state index is 5.90. The second-order valence-electron chi connectivity index (χ2n) is 9.64. The minimum Gasteiger partial charge on any atom is -0.497 e. The molecule has 0 saturated heterocycles. The van der Waals surface area contributed by atoms with E-state index in [1.807, 2.05) is 24.3 Å². The van der Waals surface area contributed by atoms with E-state index in [9.17, 15) is 0 Å². The molecule has 0 unspecified atom stereocenters. The van der Waals surface area contributed by atoms with E-state index in [0.717, 1.165) is 39.6 Å². The van der Waals surface area contributed by atoms with E-state index in [0.29, 0.717) is 0 Å². The molecule has 0 bridgehead atoms. The first kappa shape index (κ1) is 22.2. The summed E-state index contributed by atoms with van der Waals surface area (Å²) in [5.74, 6) is 0.836. The van der Waals surface area contributed by atoms with E-state index in [1.165, 1.54) is 32.3 Å². The number of nitrogens with zero attached hydrogens (tertiary/aromatic N) is 1. The lowest BCUT2D eigenvalue weighted by Gasteiger charge is -2.28. The van der Waals surface area contributed by atoms with Gasteiger partial charge in [0.05, 0.1) is 12.8 Å². The van der Waals surface area contributed by atoms with Crippen molar-refractivity contribution in [3.8, 4) is 16.9 Å². The number of nitrogens with two attached hydrogens (primary N) is 1. The van der Waals surface area contributed by atoms with E-state index in [1.54, 1.807) is 7.11 Å². The van der Waals surface area contributed by atoms with Crippen molar-refractivity contribution < 1.29 is 4.74 Å². The number of methoxy groups -OCH3 is 1. The first-order valence-corrected chi connectivity index (χ1v) is 12.8. The lowest BCUT2D eigenvalue weighted by atomic mass is 9.93. The molecule has 0 amide bonds. The van der Waals surface area contributed by atoms with Crippen LogP contribution in [0, 0.1) is 0 Å². The zero-order chi connectivity index (χ0) is 25.6. The van der Waals surface area contributed by atoms with Crippen LogP contribution in [0.15, 0.2) is 127 Å². The molecule has 0 aliphatic heterocycles. The second-order valence-corrected chi connectivity index (χ2v) is 9.64. The van der Waals surface area contributed by atoms with E-state index in [2.05, 4.69) is 108 Å². The van der Waals surface area contributed by atoms with Gasteiger partial charge in [-0.15, -0.1) is 0 Å². The van der Waals surface area contributed by atoms with Gasteiger partial charge in [-0.3, -0.25) is 0 Å². The highest BCUT2D eigenvalue weighted by atomic mass is 16.5. The van der Waals surface area contributed by atoms with Crippen LogP contribution in [0.3, 0.4) is 0 Å². The average molecular weight is 491 g/mol. The summed E-state index contributed by atoms with van der Waals surface area (Å²) in [6.07, 6.45) is 0. The minimum absolute atomic E-state index is 0.769. The Bertz CT molecular complexity index is 1870. The van der Waals surface area contributed by atoms with Crippen LogP contribution in [-0.2, 0) is 0 Å². The number of ether oxygens (including phenoxy) is 1. The summed E-state index contributed by atoms with van der Waals surface area (Å²) in [7, 11) is 1.70. The molecule has 0 radical (unpaired) electrons. The van der Waals surface area contributed by atoms with E-state index in [-0.39, 0.29) is 0 Å². The van der Waals surface area contributed by atoms with Crippen LogP contribution in [0.2, 0.25) is 0 Å². The molecule has 0 aromatic heterocycles. The molecule has 0 aliphatic carbocycles. The van der Waals surface area contributed by atoms with Crippen LogP contribution < -0.4 is 15.4 Å². The molecule has 0 fully saturated rings. The van der Waals surface area contributed by atoms with Gasteiger partial charge in [-0.05, 0) is 92.7 Å². The van der Waals surface area contributed by atoms with E-state index in [4.69, 9.17) is 10.5 Å². The quantitative estimate of drug-likeness (QED) is 0.193. The van der Waals surface area contributed by atoms with E-state index < -0.39 is 0 Å². The zero-order valence-electron chi connectivity index (χ0n) is 21.1. The Morgan fingerprint density at radius 3 is 1.68 bits per heavy atom. The smallest absolute Gasteiger partial charge is 0.119 e. The first-order valence-electron chi connectivity index (χ1n) is 12.8. The molecule has 3 heteroatoms. The molecular formula is C35H26N2O. The van der Waals surface area contributed by atoms with Crippen LogP contribution in [0.1, 0.15) is 0 Å². The third-order valence-corrected chi connectivity index (χ3v) is 7.45. The summed E-state index contributed by atoms with van der Waals surface area (Å²) in [6, 6.07) is 45.0. The summed E-state index contributed by atoms with van der Waals surface area (Å²) in [6.45, 7) is 0. The highest BCUT2D eigenvalue weighted by Gasteiger charge is 2.18. The lowest BCUT2D eigenvalue weighted by molar-refractivity contribution is 0.415. The molecule has 2 N–H and O–H groups in total. The maximum Gasteiger partial charge on any atom is 0.119 e. The largest absolute Gasteiger partial charge is 0.497 e. The van der Waals surface area contributed by atoms with E-state index >= 15 is 0 Å². The molecule has 7 aromatic rings. The number of benzene rings is 7. The number of hydrogen-bond donors (Lipinski definition) is 1. The van der Waals surface area contributed by atoms with Crippen molar-refractivity contribution in [2.45, 2.75) is 0 Å². The van der Waals surface area contributed by atoms with Gasteiger partial charge in [-0.25, -0.2) is 0 Å². The Balaban J connectivity index is 1.44. The van der Waals surface area contributed by atoms with Gasteiger partial charge in [0.15, 0.2) is 0 Å². The molecule has 7 aromatic carbocycles. The van der Waals surface area contributed by atoms with Gasteiger partial charge in [0.2, 0.25) is 0 Å². The monoisotopic (exact) mass is 490 g/mol. The van der Waals surface area contributed by atoms with Crippen molar-refractivity contribution in [1.82, 2.24) is 0 Å². The van der Waals surface area contributed by atoms with Gasteiger partial charge in [-0.2, -0.15) is 0 Å². The fourth-order valence-corrected chi connectivity index (χ4v) is 5.55. The Kier molecular flexibility index (Phi) is 5.15. The maximum absolute atomic E-state index is 5.90. The lowest BCUT2D eigenvalue weighted by Crippen LogP contribution is -2.10. The highest BCUT2D eigenvalue weighted by molar-refractivity contribution is 6.25. The van der Waals surface area contributed by atoms with Crippen LogP contribution in [0.5, 0.6) is 5.75 Å². The predicted octanol–water partition coefficient (Wildman–Crippen LogP) is 9.31. The van der Waals surface area contributed by atoms with Crippen molar-refractivity contribution in [2.75, 3.05) is 17.7 Å². The molecule has 3 nitrogen and oxygen atoms in total. The van der Waals surface area contributed by atoms with Gasteiger partial charge in [0.25, 0.3) is 0 Å². The van der Waals surface area contributed by atoms with Crippen molar-refractivity contribution in [3.05, 3.63) is 127 Å². The topological polar surface area (TPSA) is 38.5 Å². The Morgan fingerprint density at radius 1 is 0.526 bits per heavy atom. The molecule has 0 atom stereocenters. The average Bonchev–Trinajstić information content (AvgIpc) is 2.98. The SMILES string of the molecule is COc1ccc(N(c2ccc(-c3ccc(N)cc3)cc2)c2ccc3ccc4cccc5ccc2c3c45)cc1. The van der Waals surface area contributed by atoms with Crippen LogP contribution >= 0.6 is 0 Å². The van der Waals surface area contributed by atoms with Crippen molar-refractivity contribution in [2.24, 2.45) is 0 Å². The molecule has 38 heavy (non-hydrogen) atoms. The summed E-state index contributed by atoms with van der Waals surface area (Å²) < 4.78 is 5.45. The molecule has 182 valence electrons. The fraction of sp³-hybridized carbons (Fsp3) is 0.0286. The Morgan fingerprint density at radius 2 is 1.05 bits per heavy atom. The van der Waals surface area contributed by atoms with Gasteiger partial charge in [0.1, 0.15) is 5.75 Å². The molecule has 0 aliphatic rings. The summed E-state index contributed by atoms with van der Waals surface area (Å²) in [5.41, 5.74) is 12.3. The molecule has 0 saturated carbocycles. The third kappa shape index (κ3) is 3.60. The first-order chi connectivity index (χ1) is 18.7. The number of nitrogen functional groups attached to an aromatic ring is 1. The number of anilines is 4. The standard InChI is InChI=1S/C35H26N2O/c1-38-31-19-17-30(18-20-31)37(29-15-9-24(10-16-29)23-7-13-28(36)14-8-23)33-22-12-27-6-5-25-3-2-4-26-11-21-32(33)35(27)34(25)26/h2-22H,36H2,1H3. The summed E-state index contributed by atoms with van der Waals surface area (Å²) in [5, 5.41) is 7.63. The van der Waals surface area contributed by atoms with Gasteiger partial charge in [0, 0.05) is 22.4 Å². The number of rotatable bonds is 5. The fourth-order valence-electron chi connectivity index (χ4n) is 5.55. The Labute approximate surface area is 221 Å². The Hall–Kier alpha value is -5.02. The molecular weight excluding hydrogens is 464 g/mol. The molecule has 7 rings (SSSR count). The van der Waals surface area contributed by atoms with Gasteiger partial charge < -0.3 is 15.4 Å². The van der Waals surface area contributed by atoms with Crippen molar-refractivity contribution in [3.63, 3.8) is 0 Å². The van der Waals surface area contributed by atoms with Crippen LogP contribution in [-0.4, -0.2) is 7.11 Å². The molecule has 0 heterocycles. The third-order valence-electron chi connectivity index (χ3n) is 7.45. The normalized spacial score (nSPS) is 11.4. The summed E-state index contributed by atoms with van der Waals surface area (Å²) in [4.78, 5) is 2.33. The van der Waals surface area contributed by atoms with Crippen LogP contribution in [0.25, 0.3) is 43.4 Å². The zero-order valence-corrected chi connectivity index (χ0v) is 21.1. The van der Waals surface area contributed by atoms with Crippen LogP contribution in [0.4, 0.5) is 22.7 Å². The van der Waals surface area contributed by atoms with Crippen molar-refractivity contribution >= 4 is 55.1 Å². The molecule has 0 spiro atoms. The predicted molar refractivity (Wildman–Crippen MR) is 161 cm³/mol. The summed E-state index contributed by atoms with van der Waals surface area (Å²) >= 11 is 0. The minimum atomic E-state index is 0.769. The van der Waals surface area contributed by atoms with Gasteiger partial charge >= 0.3 is 0 Å².